The zero-order chi connectivity index (χ0) is 18.5. The molecular formula is C19H26N6O. The Bertz CT molecular complexity index is 753. The molecule has 2 heterocycles. The number of hydrogen-bond donors (Lipinski definition) is 3. The van der Waals surface area contributed by atoms with Gasteiger partial charge in [-0.05, 0) is 38.1 Å². The quantitative estimate of drug-likeness (QED) is 0.688. The fraction of sp³-hybridized carbons (Fsp3) is 0.421. The molecule has 26 heavy (non-hydrogen) atoms. The number of rotatable bonds is 6. The van der Waals surface area contributed by atoms with Gasteiger partial charge in [-0.15, -0.1) is 10.2 Å². The van der Waals surface area contributed by atoms with E-state index in [1.807, 2.05) is 32.0 Å². The van der Waals surface area contributed by atoms with Crippen LogP contribution in [0.15, 0.2) is 30.3 Å². The fourth-order valence-electron chi connectivity index (χ4n) is 2.96. The van der Waals surface area contributed by atoms with Crippen molar-refractivity contribution in [2.75, 3.05) is 41.7 Å². The maximum Gasteiger partial charge on any atom is 0.182 e. The number of nitrogens with one attached hydrogen (secondary N) is 3. The third kappa shape index (κ3) is 4.49. The van der Waals surface area contributed by atoms with E-state index in [4.69, 9.17) is 0 Å². The smallest absolute Gasteiger partial charge is 0.182 e. The topological polar surface area (TPSA) is 82.2 Å². The molecule has 1 saturated heterocycles. The standard InChI is InChI=1S/C19H26N6O/c1-13(2)21-17-12-18(23-24-19(17)14(3)26)22-15-4-6-16(7-5-15)25-10-8-20-9-11-25/h4-7,12-13,20H,8-11H2,1-3H3,(H2,21,22,23). The minimum Gasteiger partial charge on any atom is -0.381 e. The second-order valence-corrected chi connectivity index (χ2v) is 6.76. The molecule has 1 aliphatic heterocycles. The molecule has 1 aromatic carbocycles. The summed E-state index contributed by atoms with van der Waals surface area (Å²) in [6, 6.07) is 10.3. The molecule has 3 rings (SSSR count). The van der Waals surface area contributed by atoms with Crippen LogP contribution in [0, 0.1) is 0 Å². The lowest BCUT2D eigenvalue weighted by atomic mass is 10.2. The molecule has 1 fully saturated rings. The number of anilines is 4. The van der Waals surface area contributed by atoms with E-state index in [0.717, 1.165) is 31.9 Å². The first-order chi connectivity index (χ1) is 12.5. The summed E-state index contributed by atoms with van der Waals surface area (Å²) in [5.41, 5.74) is 3.21. The summed E-state index contributed by atoms with van der Waals surface area (Å²) in [6.45, 7) is 9.62. The lowest BCUT2D eigenvalue weighted by Crippen LogP contribution is -2.43. The molecule has 0 saturated carbocycles. The molecule has 0 atom stereocenters. The number of Topliss-reactive ketones (excluding diaryl/α,β-unsaturated/α-hetero) is 1. The second-order valence-electron chi connectivity index (χ2n) is 6.76. The number of carbonyl (C=O) groups excluding carboxylic acids is 1. The summed E-state index contributed by atoms with van der Waals surface area (Å²) in [6.07, 6.45) is 0. The van der Waals surface area contributed by atoms with E-state index in [1.165, 1.54) is 12.6 Å². The third-order valence-corrected chi connectivity index (χ3v) is 4.19. The number of carbonyl (C=O) groups is 1. The molecule has 0 spiro atoms. The zero-order valence-corrected chi connectivity index (χ0v) is 15.5. The van der Waals surface area contributed by atoms with Crippen molar-refractivity contribution in [1.82, 2.24) is 15.5 Å². The largest absolute Gasteiger partial charge is 0.381 e. The predicted octanol–water partition coefficient (Wildman–Crippen LogP) is 2.65. The fourth-order valence-corrected chi connectivity index (χ4v) is 2.96. The molecule has 138 valence electrons. The van der Waals surface area contributed by atoms with Gasteiger partial charge in [0.15, 0.2) is 17.3 Å². The molecule has 0 amide bonds. The van der Waals surface area contributed by atoms with E-state index >= 15 is 0 Å². The molecule has 1 aromatic heterocycles. The van der Waals surface area contributed by atoms with Crippen LogP contribution < -0.4 is 20.9 Å². The Hall–Kier alpha value is -2.67. The number of piperazine rings is 1. The van der Waals surface area contributed by atoms with Crippen LogP contribution in [-0.4, -0.2) is 48.2 Å². The van der Waals surface area contributed by atoms with Gasteiger partial charge in [-0.25, -0.2) is 0 Å². The van der Waals surface area contributed by atoms with Crippen LogP contribution in [0.3, 0.4) is 0 Å². The summed E-state index contributed by atoms with van der Waals surface area (Å²) in [7, 11) is 0. The molecule has 7 nitrogen and oxygen atoms in total. The van der Waals surface area contributed by atoms with Gasteiger partial charge >= 0.3 is 0 Å². The van der Waals surface area contributed by atoms with Crippen molar-refractivity contribution in [3.05, 3.63) is 36.0 Å². The Morgan fingerprint density at radius 3 is 2.46 bits per heavy atom. The maximum atomic E-state index is 11.7. The minimum atomic E-state index is -0.104. The number of hydrogen-bond acceptors (Lipinski definition) is 7. The van der Waals surface area contributed by atoms with Crippen LogP contribution in [0.1, 0.15) is 31.3 Å². The van der Waals surface area contributed by atoms with Crippen molar-refractivity contribution in [2.24, 2.45) is 0 Å². The Morgan fingerprint density at radius 2 is 1.85 bits per heavy atom. The SMILES string of the molecule is CC(=O)c1nnc(Nc2ccc(N3CCNCC3)cc2)cc1NC(C)C. The van der Waals surface area contributed by atoms with Crippen molar-refractivity contribution in [3.63, 3.8) is 0 Å². The normalized spacial score (nSPS) is 14.4. The summed E-state index contributed by atoms with van der Waals surface area (Å²) in [5, 5.41) is 18.1. The first-order valence-electron chi connectivity index (χ1n) is 9.01. The lowest BCUT2D eigenvalue weighted by Gasteiger charge is -2.29. The van der Waals surface area contributed by atoms with E-state index in [1.54, 1.807) is 0 Å². The van der Waals surface area contributed by atoms with Crippen molar-refractivity contribution in [2.45, 2.75) is 26.8 Å². The van der Waals surface area contributed by atoms with Crippen LogP contribution in [0.4, 0.5) is 22.9 Å². The number of nitrogens with zero attached hydrogens (tertiary/aromatic N) is 3. The van der Waals surface area contributed by atoms with Crippen LogP contribution in [0.5, 0.6) is 0 Å². The van der Waals surface area contributed by atoms with E-state index < -0.39 is 0 Å². The van der Waals surface area contributed by atoms with Gasteiger partial charge in [0.25, 0.3) is 0 Å². The molecule has 0 aliphatic carbocycles. The monoisotopic (exact) mass is 354 g/mol. The van der Waals surface area contributed by atoms with Gasteiger partial charge in [-0.1, -0.05) is 0 Å². The number of ketones is 1. The van der Waals surface area contributed by atoms with Gasteiger partial charge in [0.1, 0.15) is 0 Å². The van der Waals surface area contributed by atoms with E-state index in [9.17, 15) is 4.79 Å². The molecule has 7 heteroatoms. The van der Waals surface area contributed by atoms with Gasteiger partial charge in [0.2, 0.25) is 0 Å². The lowest BCUT2D eigenvalue weighted by molar-refractivity contribution is 0.101. The van der Waals surface area contributed by atoms with Gasteiger partial charge in [0.05, 0.1) is 5.69 Å². The van der Waals surface area contributed by atoms with Crippen molar-refractivity contribution in [3.8, 4) is 0 Å². The second kappa shape index (κ2) is 8.14. The van der Waals surface area contributed by atoms with Gasteiger partial charge in [-0.3, -0.25) is 4.79 Å². The van der Waals surface area contributed by atoms with Crippen LogP contribution >= 0.6 is 0 Å². The van der Waals surface area contributed by atoms with Gasteiger partial charge < -0.3 is 20.9 Å². The highest BCUT2D eigenvalue weighted by molar-refractivity contribution is 5.97. The molecule has 0 radical (unpaired) electrons. The molecule has 2 aromatic rings. The van der Waals surface area contributed by atoms with E-state index in [2.05, 4.69) is 43.2 Å². The third-order valence-electron chi connectivity index (χ3n) is 4.19. The Balaban J connectivity index is 1.74. The van der Waals surface area contributed by atoms with Crippen LogP contribution in [-0.2, 0) is 0 Å². The van der Waals surface area contributed by atoms with E-state index in [-0.39, 0.29) is 11.8 Å². The average molecular weight is 354 g/mol. The van der Waals surface area contributed by atoms with Gasteiger partial charge in [-0.2, -0.15) is 0 Å². The molecule has 0 bridgehead atoms. The number of aromatic nitrogens is 2. The highest BCUT2D eigenvalue weighted by Crippen LogP contribution is 2.23. The Kier molecular flexibility index (Phi) is 5.68. The predicted molar refractivity (Wildman–Crippen MR) is 106 cm³/mol. The van der Waals surface area contributed by atoms with E-state index in [0.29, 0.717) is 17.2 Å². The molecule has 3 N–H and O–H groups in total. The van der Waals surface area contributed by atoms with Crippen LogP contribution in [0.25, 0.3) is 0 Å². The minimum absolute atomic E-state index is 0.104. The van der Waals surface area contributed by atoms with Crippen LogP contribution in [0.2, 0.25) is 0 Å². The first-order valence-corrected chi connectivity index (χ1v) is 9.01. The van der Waals surface area contributed by atoms with Gasteiger partial charge in [0, 0.05) is 56.6 Å². The molecular weight excluding hydrogens is 328 g/mol. The average Bonchev–Trinajstić information content (AvgIpc) is 2.62. The summed E-state index contributed by atoms with van der Waals surface area (Å²) >= 11 is 0. The Labute approximate surface area is 154 Å². The molecule has 1 aliphatic rings. The summed E-state index contributed by atoms with van der Waals surface area (Å²) in [5.74, 6) is 0.501. The summed E-state index contributed by atoms with van der Waals surface area (Å²) in [4.78, 5) is 14.1. The molecule has 0 unspecified atom stereocenters. The maximum absolute atomic E-state index is 11.7. The number of benzene rings is 1. The summed E-state index contributed by atoms with van der Waals surface area (Å²) < 4.78 is 0. The Morgan fingerprint density at radius 1 is 1.15 bits per heavy atom. The van der Waals surface area contributed by atoms with Crippen molar-refractivity contribution in [1.29, 1.82) is 0 Å². The highest BCUT2D eigenvalue weighted by Gasteiger charge is 2.13. The van der Waals surface area contributed by atoms with Crippen molar-refractivity contribution < 1.29 is 4.79 Å². The first kappa shape index (κ1) is 18.1. The zero-order valence-electron chi connectivity index (χ0n) is 15.5. The highest BCUT2D eigenvalue weighted by atomic mass is 16.1. The van der Waals surface area contributed by atoms with Crippen molar-refractivity contribution >= 4 is 28.7 Å².